The number of carbonyl (C=O) groups is 5. The lowest BCUT2D eigenvalue weighted by Crippen LogP contribution is -2.54. The van der Waals surface area contributed by atoms with Gasteiger partial charge >= 0.3 is 5.97 Å². The summed E-state index contributed by atoms with van der Waals surface area (Å²) in [7, 11) is 0. The molecular formula is C36H47N3O13. The van der Waals surface area contributed by atoms with Crippen molar-refractivity contribution in [1.82, 2.24) is 10.2 Å². The molecular weight excluding hydrogens is 682 g/mol. The van der Waals surface area contributed by atoms with E-state index in [2.05, 4.69) is 10.6 Å². The van der Waals surface area contributed by atoms with Crippen molar-refractivity contribution in [2.24, 2.45) is 0 Å². The first-order valence-corrected chi connectivity index (χ1v) is 17.3. The molecule has 1 unspecified atom stereocenters. The largest absolute Gasteiger partial charge is 0.460 e. The molecule has 0 aromatic heterocycles. The van der Waals surface area contributed by atoms with Gasteiger partial charge < -0.3 is 43.2 Å². The zero-order valence-corrected chi connectivity index (χ0v) is 29.2. The molecule has 284 valence electrons. The van der Waals surface area contributed by atoms with Gasteiger partial charge in [0, 0.05) is 18.7 Å². The van der Waals surface area contributed by atoms with Gasteiger partial charge in [0.2, 0.25) is 11.8 Å². The Morgan fingerprint density at radius 2 is 1.15 bits per heavy atom. The third-order valence-corrected chi connectivity index (χ3v) is 7.73. The van der Waals surface area contributed by atoms with Gasteiger partial charge in [0.1, 0.15) is 12.6 Å². The number of hydrogen-bond acceptors (Lipinski definition) is 14. The number of esters is 1. The van der Waals surface area contributed by atoms with Gasteiger partial charge in [-0.1, -0.05) is 24.3 Å². The van der Waals surface area contributed by atoms with E-state index in [4.69, 9.17) is 37.9 Å². The molecule has 0 bridgehead atoms. The zero-order chi connectivity index (χ0) is 36.8. The molecule has 16 nitrogen and oxygen atoms in total. The number of rotatable bonds is 27. The third-order valence-electron chi connectivity index (χ3n) is 7.73. The molecule has 1 atom stereocenters. The van der Waals surface area contributed by atoms with E-state index in [-0.39, 0.29) is 36.5 Å². The molecule has 16 heteroatoms. The van der Waals surface area contributed by atoms with Crippen LogP contribution in [0.1, 0.15) is 43.9 Å². The van der Waals surface area contributed by atoms with Crippen LogP contribution in [0, 0.1) is 0 Å². The fourth-order valence-corrected chi connectivity index (χ4v) is 5.19. The smallest absolute Gasteiger partial charge is 0.338 e. The van der Waals surface area contributed by atoms with Crippen LogP contribution in [-0.4, -0.2) is 146 Å². The molecule has 2 N–H and O–H groups in total. The highest BCUT2D eigenvalue weighted by Crippen LogP contribution is 2.32. The van der Waals surface area contributed by atoms with E-state index < -0.39 is 29.7 Å². The summed E-state index contributed by atoms with van der Waals surface area (Å²) in [5.41, 5.74) is 1.41. The molecule has 2 aliphatic rings. The zero-order valence-electron chi connectivity index (χ0n) is 29.2. The SMILES string of the molecule is O=C1CCC(N2C(=O)c3cccc(NCCOCCOCCOCCOCCOCCOCCOCCOC(=O)c4ccccc4)c3C2=O)C(=O)N1. The van der Waals surface area contributed by atoms with Crippen molar-refractivity contribution >= 4 is 35.3 Å². The molecule has 2 aliphatic heterocycles. The van der Waals surface area contributed by atoms with Gasteiger partial charge in [-0.05, 0) is 30.7 Å². The van der Waals surface area contributed by atoms with Crippen LogP contribution in [0.4, 0.5) is 5.69 Å². The van der Waals surface area contributed by atoms with Gasteiger partial charge in [0.15, 0.2) is 0 Å². The first-order chi connectivity index (χ1) is 25.5. The van der Waals surface area contributed by atoms with Crippen LogP contribution in [0.25, 0.3) is 0 Å². The molecule has 2 aromatic carbocycles. The van der Waals surface area contributed by atoms with Crippen LogP contribution in [0.15, 0.2) is 48.5 Å². The van der Waals surface area contributed by atoms with E-state index in [1.54, 1.807) is 42.5 Å². The fourth-order valence-electron chi connectivity index (χ4n) is 5.19. The molecule has 0 radical (unpaired) electrons. The molecule has 0 aliphatic carbocycles. The van der Waals surface area contributed by atoms with Crippen LogP contribution in [0.2, 0.25) is 0 Å². The van der Waals surface area contributed by atoms with Gasteiger partial charge in [0.25, 0.3) is 11.8 Å². The molecule has 2 heterocycles. The Kier molecular flexibility index (Phi) is 18.1. The lowest BCUT2D eigenvalue weighted by Gasteiger charge is -2.27. The van der Waals surface area contributed by atoms with Crippen molar-refractivity contribution in [3.63, 3.8) is 0 Å². The van der Waals surface area contributed by atoms with E-state index in [9.17, 15) is 24.0 Å². The maximum absolute atomic E-state index is 13.1. The summed E-state index contributed by atoms with van der Waals surface area (Å²) in [5.74, 6) is -2.55. The van der Waals surface area contributed by atoms with Crippen molar-refractivity contribution in [2.45, 2.75) is 18.9 Å². The number of ether oxygens (including phenoxy) is 8. The maximum Gasteiger partial charge on any atom is 0.338 e. The van der Waals surface area contributed by atoms with Crippen molar-refractivity contribution < 1.29 is 61.9 Å². The third kappa shape index (κ3) is 13.4. The second-order valence-electron chi connectivity index (χ2n) is 11.4. The van der Waals surface area contributed by atoms with Crippen molar-refractivity contribution in [1.29, 1.82) is 0 Å². The Bertz CT molecular complexity index is 1440. The number of nitrogens with zero attached hydrogens (tertiary/aromatic N) is 1. The van der Waals surface area contributed by atoms with Crippen LogP contribution < -0.4 is 10.6 Å². The van der Waals surface area contributed by atoms with Crippen molar-refractivity contribution in [3.8, 4) is 0 Å². The molecule has 2 aromatic rings. The average Bonchev–Trinajstić information content (AvgIpc) is 3.41. The number of hydrogen-bond donors (Lipinski definition) is 2. The minimum Gasteiger partial charge on any atom is -0.460 e. The summed E-state index contributed by atoms with van der Waals surface area (Å²) < 4.78 is 43.5. The number of carbonyl (C=O) groups excluding carboxylic acids is 5. The van der Waals surface area contributed by atoms with Crippen LogP contribution in [-0.2, 0) is 47.5 Å². The summed E-state index contributed by atoms with van der Waals surface area (Å²) in [6.45, 7) is 6.23. The molecule has 0 spiro atoms. The summed E-state index contributed by atoms with van der Waals surface area (Å²) in [4.78, 5) is 62.6. The molecule has 4 amide bonds. The molecule has 1 saturated heterocycles. The Balaban J connectivity index is 0.881. The quantitative estimate of drug-likeness (QED) is 0.0765. The number of imide groups is 2. The monoisotopic (exact) mass is 729 g/mol. The Morgan fingerprint density at radius 3 is 1.69 bits per heavy atom. The predicted octanol–water partition coefficient (Wildman–Crippen LogP) is 1.47. The number of piperidine rings is 1. The van der Waals surface area contributed by atoms with E-state index in [1.165, 1.54) is 0 Å². The number of nitrogens with one attached hydrogen (secondary N) is 2. The van der Waals surface area contributed by atoms with Gasteiger partial charge in [-0.3, -0.25) is 29.4 Å². The number of amides is 4. The molecule has 52 heavy (non-hydrogen) atoms. The first-order valence-electron chi connectivity index (χ1n) is 17.3. The summed E-state index contributed by atoms with van der Waals surface area (Å²) in [6, 6.07) is 12.7. The molecule has 0 saturated carbocycles. The van der Waals surface area contributed by atoms with E-state index >= 15 is 0 Å². The Labute approximate surface area is 302 Å². The standard InChI is InChI=1S/C36H47N3O13/c40-31-10-9-30(33(41)38-31)39-34(42)28-7-4-8-29(32(28)35(39)43)37-11-12-45-13-14-46-15-16-47-17-18-48-19-20-49-21-22-50-23-24-51-25-26-52-36(44)27-5-2-1-3-6-27/h1-8,30,37H,9-26H2,(H,38,40,41). The first kappa shape index (κ1) is 40.5. The minimum atomic E-state index is -1.01. The van der Waals surface area contributed by atoms with Crippen LogP contribution in [0.3, 0.4) is 0 Å². The minimum absolute atomic E-state index is 0.0632. The van der Waals surface area contributed by atoms with Gasteiger partial charge in [-0.25, -0.2) is 4.79 Å². The summed E-state index contributed by atoms with van der Waals surface area (Å²) >= 11 is 0. The summed E-state index contributed by atoms with van der Waals surface area (Å²) in [6.07, 6.45) is 0.164. The van der Waals surface area contributed by atoms with Crippen molar-refractivity contribution in [2.75, 3.05) is 111 Å². The van der Waals surface area contributed by atoms with Crippen LogP contribution >= 0.6 is 0 Å². The molecule has 4 rings (SSSR count). The van der Waals surface area contributed by atoms with E-state index in [1.807, 2.05) is 6.07 Å². The maximum atomic E-state index is 13.1. The molecule has 1 fully saturated rings. The lowest BCUT2D eigenvalue weighted by molar-refractivity contribution is -0.136. The number of fused-ring (bicyclic) bond motifs is 1. The Hall–Kier alpha value is -4.29. The normalized spacial score (nSPS) is 15.5. The Morgan fingerprint density at radius 1 is 0.635 bits per heavy atom. The van der Waals surface area contributed by atoms with Gasteiger partial charge in [-0.2, -0.15) is 0 Å². The fraction of sp³-hybridized carbons (Fsp3) is 0.528. The topological polar surface area (TPSA) is 186 Å². The highest BCUT2D eigenvalue weighted by atomic mass is 16.6. The second kappa shape index (κ2) is 23.3. The van der Waals surface area contributed by atoms with Gasteiger partial charge in [0.05, 0.1) is 109 Å². The van der Waals surface area contributed by atoms with Crippen LogP contribution in [0.5, 0.6) is 0 Å². The highest BCUT2D eigenvalue weighted by molar-refractivity contribution is 6.25. The van der Waals surface area contributed by atoms with E-state index in [0.717, 1.165) is 4.90 Å². The van der Waals surface area contributed by atoms with Crippen molar-refractivity contribution in [3.05, 3.63) is 65.2 Å². The number of benzene rings is 2. The second-order valence-corrected chi connectivity index (χ2v) is 11.4. The average molecular weight is 730 g/mol. The predicted molar refractivity (Wildman–Crippen MR) is 184 cm³/mol. The highest BCUT2D eigenvalue weighted by Gasteiger charge is 2.45. The lowest BCUT2D eigenvalue weighted by atomic mass is 10.0. The number of anilines is 1. The summed E-state index contributed by atoms with van der Waals surface area (Å²) in [5, 5.41) is 5.32. The van der Waals surface area contributed by atoms with E-state index in [0.29, 0.717) is 110 Å². The van der Waals surface area contributed by atoms with Gasteiger partial charge in [-0.15, -0.1) is 0 Å².